The lowest BCUT2D eigenvalue weighted by Crippen LogP contribution is -2.29. The molecule has 0 radical (unpaired) electrons. The molecular weight excluding hydrogens is 322 g/mol. The van der Waals surface area contributed by atoms with Gasteiger partial charge in [-0.05, 0) is 50.8 Å². The molecule has 0 N–H and O–H groups in total. The average Bonchev–Trinajstić information content (AvgIpc) is 2.66. The number of nitrogens with zero attached hydrogens (tertiary/aromatic N) is 5. The van der Waals surface area contributed by atoms with Gasteiger partial charge in [-0.15, -0.1) is 0 Å². The van der Waals surface area contributed by atoms with E-state index in [4.69, 9.17) is 9.97 Å². The molecule has 140 valence electrons. The van der Waals surface area contributed by atoms with E-state index in [1.165, 1.54) is 41.8 Å². The van der Waals surface area contributed by atoms with Crippen molar-refractivity contribution >= 4 is 5.95 Å². The minimum absolute atomic E-state index is 0.382. The lowest BCUT2D eigenvalue weighted by atomic mass is 9.91. The normalized spacial score (nSPS) is 16.6. The largest absolute Gasteiger partial charge is 0.347 e. The van der Waals surface area contributed by atoms with Gasteiger partial charge in [0.2, 0.25) is 5.95 Å². The summed E-state index contributed by atoms with van der Waals surface area (Å²) in [5.74, 6) is 0.798. The molecule has 2 heterocycles. The Morgan fingerprint density at radius 3 is 2.81 bits per heavy atom. The molecule has 0 saturated heterocycles. The van der Waals surface area contributed by atoms with Crippen LogP contribution in [0.5, 0.6) is 0 Å². The van der Waals surface area contributed by atoms with Gasteiger partial charge in [-0.2, -0.15) is 0 Å². The van der Waals surface area contributed by atoms with Gasteiger partial charge in [-0.3, -0.25) is 9.88 Å². The van der Waals surface area contributed by atoms with Crippen LogP contribution in [0.15, 0.2) is 24.5 Å². The number of fused-ring (bicyclic) bond motifs is 1. The number of hydrogen-bond donors (Lipinski definition) is 0. The van der Waals surface area contributed by atoms with Crippen molar-refractivity contribution in [2.75, 3.05) is 26.0 Å². The highest BCUT2D eigenvalue weighted by Crippen LogP contribution is 2.33. The van der Waals surface area contributed by atoms with Crippen molar-refractivity contribution in [1.82, 2.24) is 19.9 Å². The maximum absolute atomic E-state index is 4.82. The van der Waals surface area contributed by atoms with Crippen molar-refractivity contribution < 1.29 is 0 Å². The summed E-state index contributed by atoms with van der Waals surface area (Å²) >= 11 is 0. The number of aryl methyl sites for hydroxylation is 2. The van der Waals surface area contributed by atoms with Crippen LogP contribution in [0, 0.1) is 0 Å². The summed E-state index contributed by atoms with van der Waals surface area (Å²) in [6, 6.07) is 4.66. The summed E-state index contributed by atoms with van der Waals surface area (Å²) in [5, 5.41) is 0. The van der Waals surface area contributed by atoms with Gasteiger partial charge in [-0.1, -0.05) is 19.4 Å². The van der Waals surface area contributed by atoms with E-state index < -0.39 is 0 Å². The van der Waals surface area contributed by atoms with Crippen molar-refractivity contribution in [3.63, 3.8) is 0 Å². The average molecular weight is 354 g/mol. The smallest absolute Gasteiger partial charge is 0.225 e. The SMILES string of the molecule is CCCCc1nc(N(C)C)ncc1CN(C)C1CCCc2cccnc21. The second-order valence-corrected chi connectivity index (χ2v) is 7.51. The Bertz CT molecular complexity index is 728. The molecule has 1 aliphatic carbocycles. The lowest BCUT2D eigenvalue weighted by Gasteiger charge is -2.32. The monoisotopic (exact) mass is 353 g/mol. The van der Waals surface area contributed by atoms with Crippen molar-refractivity contribution in [1.29, 1.82) is 0 Å². The van der Waals surface area contributed by atoms with Gasteiger partial charge in [0.25, 0.3) is 0 Å². The Morgan fingerprint density at radius 2 is 2.04 bits per heavy atom. The van der Waals surface area contributed by atoms with E-state index >= 15 is 0 Å². The van der Waals surface area contributed by atoms with Crippen molar-refractivity contribution in [3.05, 3.63) is 47.0 Å². The highest BCUT2D eigenvalue weighted by atomic mass is 15.2. The minimum atomic E-state index is 0.382. The molecule has 0 amide bonds. The molecule has 0 saturated carbocycles. The van der Waals surface area contributed by atoms with Crippen molar-refractivity contribution in [2.24, 2.45) is 0 Å². The van der Waals surface area contributed by atoms with E-state index in [1.54, 1.807) is 0 Å². The molecule has 26 heavy (non-hydrogen) atoms. The molecule has 0 aromatic carbocycles. The highest BCUT2D eigenvalue weighted by molar-refractivity contribution is 5.32. The maximum atomic E-state index is 4.82. The van der Waals surface area contributed by atoms with E-state index in [2.05, 4.69) is 36.0 Å². The number of rotatable bonds is 7. The van der Waals surface area contributed by atoms with Gasteiger partial charge in [-0.25, -0.2) is 9.97 Å². The zero-order valence-corrected chi connectivity index (χ0v) is 16.6. The van der Waals surface area contributed by atoms with Crippen LogP contribution in [-0.4, -0.2) is 41.0 Å². The van der Waals surface area contributed by atoms with Gasteiger partial charge < -0.3 is 4.90 Å². The van der Waals surface area contributed by atoms with Crippen molar-refractivity contribution in [3.8, 4) is 0 Å². The first kappa shape index (κ1) is 18.8. The van der Waals surface area contributed by atoms with Crippen LogP contribution >= 0.6 is 0 Å². The molecule has 1 atom stereocenters. The molecule has 0 spiro atoms. The fourth-order valence-electron chi connectivity index (χ4n) is 3.73. The highest BCUT2D eigenvalue weighted by Gasteiger charge is 2.25. The van der Waals surface area contributed by atoms with Crippen LogP contribution in [0.25, 0.3) is 0 Å². The first-order valence-corrected chi connectivity index (χ1v) is 9.76. The van der Waals surface area contributed by atoms with Crippen molar-refractivity contribution in [2.45, 2.75) is 58.0 Å². The van der Waals surface area contributed by atoms with Crippen LogP contribution in [0.3, 0.4) is 0 Å². The van der Waals surface area contributed by atoms with Crippen LogP contribution in [-0.2, 0) is 19.4 Å². The van der Waals surface area contributed by atoms with E-state index in [0.717, 1.165) is 31.8 Å². The predicted octanol–water partition coefficient (Wildman–Crippen LogP) is 3.79. The molecule has 1 aliphatic rings. The summed E-state index contributed by atoms with van der Waals surface area (Å²) < 4.78 is 0. The van der Waals surface area contributed by atoms with Gasteiger partial charge in [0, 0.05) is 38.6 Å². The zero-order chi connectivity index (χ0) is 18.5. The quantitative estimate of drug-likeness (QED) is 0.758. The topological polar surface area (TPSA) is 45.2 Å². The Kier molecular flexibility index (Phi) is 6.20. The maximum Gasteiger partial charge on any atom is 0.225 e. The molecule has 2 aromatic rings. The number of hydrogen-bond acceptors (Lipinski definition) is 5. The van der Waals surface area contributed by atoms with Crippen LogP contribution in [0.4, 0.5) is 5.95 Å². The molecule has 0 aliphatic heterocycles. The minimum Gasteiger partial charge on any atom is -0.347 e. The molecule has 0 bridgehead atoms. The Morgan fingerprint density at radius 1 is 1.19 bits per heavy atom. The van der Waals surface area contributed by atoms with Gasteiger partial charge in [0.1, 0.15) is 0 Å². The first-order chi connectivity index (χ1) is 12.6. The fraction of sp³-hybridized carbons (Fsp3) is 0.571. The number of pyridine rings is 1. The number of anilines is 1. The Hall–Kier alpha value is -2.01. The van der Waals surface area contributed by atoms with Crippen LogP contribution in [0.2, 0.25) is 0 Å². The number of unbranched alkanes of at least 4 members (excludes halogenated alkanes) is 1. The molecule has 5 nitrogen and oxygen atoms in total. The third-order valence-electron chi connectivity index (χ3n) is 5.23. The molecule has 1 unspecified atom stereocenters. The molecule has 0 fully saturated rings. The third-order valence-corrected chi connectivity index (χ3v) is 5.23. The second-order valence-electron chi connectivity index (χ2n) is 7.51. The van der Waals surface area contributed by atoms with Crippen LogP contribution in [0.1, 0.15) is 61.2 Å². The summed E-state index contributed by atoms with van der Waals surface area (Å²) in [6.45, 7) is 3.10. The van der Waals surface area contributed by atoms with E-state index in [9.17, 15) is 0 Å². The standard InChI is InChI=1S/C21H31N5/c1-5-6-11-18-17(14-23-21(24-18)25(2)3)15-26(4)19-12-7-9-16-10-8-13-22-20(16)19/h8,10,13-14,19H,5-7,9,11-12,15H2,1-4H3. The Labute approximate surface area is 157 Å². The zero-order valence-electron chi connectivity index (χ0n) is 16.6. The summed E-state index contributed by atoms with van der Waals surface area (Å²) in [5.41, 5.74) is 5.09. The lowest BCUT2D eigenvalue weighted by molar-refractivity contribution is 0.207. The van der Waals surface area contributed by atoms with E-state index in [1.807, 2.05) is 31.4 Å². The fourth-order valence-corrected chi connectivity index (χ4v) is 3.73. The van der Waals surface area contributed by atoms with E-state index in [0.29, 0.717) is 6.04 Å². The van der Waals surface area contributed by atoms with E-state index in [-0.39, 0.29) is 0 Å². The predicted molar refractivity (Wildman–Crippen MR) is 106 cm³/mol. The third kappa shape index (κ3) is 4.21. The molecule has 3 rings (SSSR count). The van der Waals surface area contributed by atoms with Gasteiger partial charge in [0.05, 0.1) is 17.4 Å². The summed E-state index contributed by atoms with van der Waals surface area (Å²) in [7, 11) is 6.20. The van der Waals surface area contributed by atoms with Gasteiger partial charge in [0.15, 0.2) is 0 Å². The molecule has 5 heteroatoms. The summed E-state index contributed by atoms with van der Waals surface area (Å²) in [4.78, 5) is 18.5. The van der Waals surface area contributed by atoms with Crippen LogP contribution < -0.4 is 4.90 Å². The molecular formula is C21H31N5. The number of aromatic nitrogens is 3. The summed E-state index contributed by atoms with van der Waals surface area (Å²) in [6.07, 6.45) is 10.8. The van der Waals surface area contributed by atoms with Gasteiger partial charge >= 0.3 is 0 Å². The first-order valence-electron chi connectivity index (χ1n) is 9.76. The second kappa shape index (κ2) is 8.58. The molecule has 2 aromatic heterocycles. The Balaban J connectivity index is 1.82.